The molecule has 1 aromatic heterocycles. The molecule has 5 nitrogen and oxygen atoms in total. The fourth-order valence-corrected chi connectivity index (χ4v) is 2.92. The highest BCUT2D eigenvalue weighted by molar-refractivity contribution is 6.34. The van der Waals surface area contributed by atoms with Crippen LogP contribution in [0.1, 0.15) is 19.7 Å². The first-order chi connectivity index (χ1) is 10.5. The van der Waals surface area contributed by atoms with E-state index in [0.717, 1.165) is 31.7 Å². The van der Waals surface area contributed by atoms with Gasteiger partial charge in [0.2, 0.25) is 11.8 Å². The van der Waals surface area contributed by atoms with Crippen molar-refractivity contribution >= 4 is 28.6 Å². The van der Waals surface area contributed by atoms with Crippen molar-refractivity contribution in [3.63, 3.8) is 0 Å². The number of fused-ring (bicyclic) bond motifs is 1. The minimum absolute atomic E-state index is 0.0609. The summed E-state index contributed by atoms with van der Waals surface area (Å²) in [5.41, 5.74) is 1.43. The molecule has 6 heteroatoms. The molecule has 0 aliphatic carbocycles. The van der Waals surface area contributed by atoms with E-state index in [0.29, 0.717) is 23.0 Å². The Labute approximate surface area is 134 Å². The third-order valence-corrected chi connectivity index (χ3v) is 4.25. The van der Waals surface area contributed by atoms with Crippen LogP contribution in [0.3, 0.4) is 0 Å². The van der Waals surface area contributed by atoms with Crippen molar-refractivity contribution in [3.8, 4) is 0 Å². The highest BCUT2D eigenvalue weighted by Gasteiger charge is 2.23. The molecule has 1 aliphatic rings. The number of carbonyl (C=O) groups excluding carboxylic acids is 1. The molecule has 22 heavy (non-hydrogen) atoms. The molecule has 2 heterocycles. The first-order valence-electron chi connectivity index (χ1n) is 7.59. The van der Waals surface area contributed by atoms with Gasteiger partial charge in [0, 0.05) is 32.1 Å². The van der Waals surface area contributed by atoms with Crippen molar-refractivity contribution in [2.75, 3.05) is 26.2 Å². The first kappa shape index (κ1) is 15.3. The predicted octanol–water partition coefficient (Wildman–Crippen LogP) is 2.78. The largest absolute Gasteiger partial charge is 0.438 e. The number of amides is 1. The second kappa shape index (κ2) is 6.26. The average Bonchev–Trinajstić information content (AvgIpc) is 2.91. The number of nitrogens with zero attached hydrogens (tertiary/aromatic N) is 3. The first-order valence-corrected chi connectivity index (χ1v) is 7.97. The Morgan fingerprint density at radius 3 is 2.68 bits per heavy atom. The van der Waals surface area contributed by atoms with Crippen LogP contribution in [0, 0.1) is 5.92 Å². The van der Waals surface area contributed by atoms with Crippen LogP contribution in [0.2, 0.25) is 5.02 Å². The molecular weight excluding hydrogens is 302 g/mol. The van der Waals surface area contributed by atoms with E-state index in [1.165, 1.54) is 0 Å². The summed E-state index contributed by atoms with van der Waals surface area (Å²) in [5, 5.41) is 0.587. The quantitative estimate of drug-likeness (QED) is 0.872. The van der Waals surface area contributed by atoms with Crippen LogP contribution < -0.4 is 0 Å². The molecule has 3 rings (SSSR count). The summed E-state index contributed by atoms with van der Waals surface area (Å²) in [6.45, 7) is 7.73. The number of benzene rings is 1. The third-order valence-electron chi connectivity index (χ3n) is 3.95. The molecule has 1 aromatic carbocycles. The molecule has 0 unspecified atom stereocenters. The Morgan fingerprint density at radius 2 is 2.05 bits per heavy atom. The van der Waals surface area contributed by atoms with Gasteiger partial charge in [-0.2, -0.15) is 0 Å². The van der Waals surface area contributed by atoms with Crippen LogP contribution >= 0.6 is 11.6 Å². The zero-order chi connectivity index (χ0) is 15.7. The molecule has 2 aromatic rings. The van der Waals surface area contributed by atoms with Crippen LogP contribution in [0.15, 0.2) is 22.6 Å². The van der Waals surface area contributed by atoms with E-state index in [-0.39, 0.29) is 11.8 Å². The van der Waals surface area contributed by atoms with E-state index in [2.05, 4.69) is 9.88 Å². The Morgan fingerprint density at radius 1 is 1.32 bits per heavy atom. The summed E-state index contributed by atoms with van der Waals surface area (Å²) in [6, 6.07) is 5.57. The van der Waals surface area contributed by atoms with E-state index in [4.69, 9.17) is 16.0 Å². The van der Waals surface area contributed by atoms with E-state index < -0.39 is 0 Å². The van der Waals surface area contributed by atoms with Crippen molar-refractivity contribution in [2.45, 2.75) is 20.4 Å². The second-order valence-corrected chi connectivity index (χ2v) is 6.36. The van der Waals surface area contributed by atoms with E-state index >= 15 is 0 Å². The highest BCUT2D eigenvalue weighted by atomic mass is 35.5. The van der Waals surface area contributed by atoms with Crippen LogP contribution in [0.4, 0.5) is 0 Å². The number of hydrogen-bond acceptors (Lipinski definition) is 4. The molecule has 1 saturated heterocycles. The number of oxazole rings is 1. The number of para-hydroxylation sites is 1. The lowest BCUT2D eigenvalue weighted by Gasteiger charge is -2.34. The number of carbonyl (C=O) groups is 1. The zero-order valence-corrected chi connectivity index (χ0v) is 13.6. The standard InChI is InChI=1S/C16H20ClN3O2/c1-11(2)16(21)20-8-6-19(7-9-20)10-14-18-13-5-3-4-12(17)15(13)22-14/h3-5,11H,6-10H2,1-2H3. The highest BCUT2D eigenvalue weighted by Crippen LogP contribution is 2.24. The van der Waals surface area contributed by atoms with E-state index in [1.54, 1.807) is 6.07 Å². The lowest BCUT2D eigenvalue weighted by atomic mass is 10.1. The van der Waals surface area contributed by atoms with Gasteiger partial charge in [-0.3, -0.25) is 9.69 Å². The predicted molar refractivity (Wildman–Crippen MR) is 85.7 cm³/mol. The molecule has 0 saturated carbocycles. The van der Waals surface area contributed by atoms with Gasteiger partial charge >= 0.3 is 0 Å². The molecule has 1 fully saturated rings. The van der Waals surface area contributed by atoms with Crippen molar-refractivity contribution < 1.29 is 9.21 Å². The normalized spacial score (nSPS) is 16.6. The smallest absolute Gasteiger partial charge is 0.225 e. The summed E-state index contributed by atoms with van der Waals surface area (Å²) in [6.07, 6.45) is 0. The van der Waals surface area contributed by atoms with E-state index in [1.807, 2.05) is 30.9 Å². The lowest BCUT2D eigenvalue weighted by molar-refractivity contribution is -0.136. The summed E-state index contributed by atoms with van der Waals surface area (Å²) in [4.78, 5) is 20.6. The van der Waals surface area contributed by atoms with Gasteiger partial charge in [0.05, 0.1) is 11.6 Å². The van der Waals surface area contributed by atoms with Gasteiger partial charge in [0.25, 0.3) is 0 Å². The van der Waals surface area contributed by atoms with Gasteiger partial charge in [0.1, 0.15) is 5.52 Å². The number of halogens is 1. The minimum Gasteiger partial charge on any atom is -0.438 e. The summed E-state index contributed by atoms with van der Waals surface area (Å²) in [7, 11) is 0. The molecule has 0 atom stereocenters. The fraction of sp³-hybridized carbons (Fsp3) is 0.500. The van der Waals surface area contributed by atoms with Crippen LogP contribution in [0.5, 0.6) is 0 Å². The molecule has 118 valence electrons. The maximum Gasteiger partial charge on any atom is 0.225 e. The Bertz CT molecular complexity index is 675. The topological polar surface area (TPSA) is 49.6 Å². The molecule has 0 spiro atoms. The Balaban J connectivity index is 1.62. The summed E-state index contributed by atoms with van der Waals surface area (Å²) in [5.74, 6) is 0.964. The number of piperazine rings is 1. The van der Waals surface area contributed by atoms with Crippen molar-refractivity contribution in [1.82, 2.24) is 14.8 Å². The number of rotatable bonds is 3. The van der Waals surface area contributed by atoms with Crippen LogP contribution in [0.25, 0.3) is 11.1 Å². The fourth-order valence-electron chi connectivity index (χ4n) is 2.71. The average molecular weight is 322 g/mol. The SMILES string of the molecule is CC(C)C(=O)N1CCN(Cc2nc3cccc(Cl)c3o2)CC1. The van der Waals surface area contributed by atoms with Crippen molar-refractivity contribution in [2.24, 2.45) is 5.92 Å². The molecular formula is C16H20ClN3O2. The maximum absolute atomic E-state index is 12.0. The second-order valence-electron chi connectivity index (χ2n) is 5.95. The van der Waals surface area contributed by atoms with E-state index in [9.17, 15) is 4.79 Å². The van der Waals surface area contributed by atoms with Crippen LogP contribution in [-0.2, 0) is 11.3 Å². The van der Waals surface area contributed by atoms with Gasteiger partial charge in [-0.1, -0.05) is 31.5 Å². The van der Waals surface area contributed by atoms with Crippen molar-refractivity contribution in [1.29, 1.82) is 0 Å². The minimum atomic E-state index is 0.0609. The molecule has 1 amide bonds. The summed E-state index contributed by atoms with van der Waals surface area (Å²) < 4.78 is 5.75. The number of hydrogen-bond donors (Lipinski definition) is 0. The Hall–Kier alpha value is -1.59. The van der Waals surface area contributed by atoms with Gasteiger partial charge in [-0.25, -0.2) is 4.98 Å². The Kier molecular flexibility index (Phi) is 4.36. The molecule has 0 radical (unpaired) electrons. The van der Waals surface area contributed by atoms with Crippen molar-refractivity contribution in [3.05, 3.63) is 29.1 Å². The summed E-state index contributed by atoms with van der Waals surface area (Å²) >= 11 is 6.11. The van der Waals surface area contributed by atoms with Gasteiger partial charge in [-0.15, -0.1) is 0 Å². The lowest BCUT2D eigenvalue weighted by Crippen LogP contribution is -2.49. The molecule has 1 aliphatic heterocycles. The maximum atomic E-state index is 12.0. The van der Waals surface area contributed by atoms with Crippen LogP contribution in [-0.4, -0.2) is 46.9 Å². The molecule has 0 N–H and O–H groups in total. The van der Waals surface area contributed by atoms with Gasteiger partial charge < -0.3 is 9.32 Å². The monoisotopic (exact) mass is 321 g/mol. The van der Waals surface area contributed by atoms with Gasteiger partial charge in [0.15, 0.2) is 5.58 Å². The number of aromatic nitrogens is 1. The van der Waals surface area contributed by atoms with Gasteiger partial charge in [-0.05, 0) is 12.1 Å². The molecule has 0 bridgehead atoms. The zero-order valence-electron chi connectivity index (χ0n) is 12.9. The third kappa shape index (κ3) is 3.10.